The molecule has 6 nitrogen and oxygen atoms in total. The molecule has 1 heterocycles. The van der Waals surface area contributed by atoms with Crippen molar-refractivity contribution in [3.63, 3.8) is 0 Å². The van der Waals surface area contributed by atoms with Gasteiger partial charge in [0.2, 0.25) is 0 Å². The van der Waals surface area contributed by atoms with Gasteiger partial charge in [0.1, 0.15) is 0 Å². The molecule has 0 bridgehead atoms. The number of carboxylic acid groups (broad SMARTS) is 1. The van der Waals surface area contributed by atoms with Gasteiger partial charge in [0.25, 0.3) is 0 Å². The predicted octanol–water partition coefficient (Wildman–Crippen LogP) is 4.84. The van der Waals surface area contributed by atoms with Gasteiger partial charge in [0.15, 0.2) is 9.84 Å². The van der Waals surface area contributed by atoms with Crippen molar-refractivity contribution in [2.45, 2.75) is 4.90 Å². The fourth-order valence-electron chi connectivity index (χ4n) is 3.55. The molecular weight excluding hydrogens is 436 g/mol. The van der Waals surface area contributed by atoms with E-state index in [9.17, 15) is 18.3 Å². The maximum atomic E-state index is 12.2. The van der Waals surface area contributed by atoms with Gasteiger partial charge < -0.3 is 15.3 Å². The predicted molar refractivity (Wildman–Crippen MR) is 122 cm³/mol. The van der Waals surface area contributed by atoms with Crippen molar-refractivity contribution < 1.29 is 18.3 Å². The van der Waals surface area contributed by atoms with Gasteiger partial charge in [0, 0.05) is 34.8 Å². The Labute approximate surface area is 185 Å². The van der Waals surface area contributed by atoms with Crippen LogP contribution in [0.3, 0.4) is 0 Å². The lowest BCUT2D eigenvalue weighted by molar-refractivity contribution is 0.0698. The van der Waals surface area contributed by atoms with Crippen molar-refractivity contribution in [3.8, 4) is 0 Å². The molecule has 0 spiro atoms. The SMILES string of the molecule is CS(=O)(=O)c1ccccc1N1C=CC2C=CC(Nc3ccc(Cl)cc3C(=O)O)=CC=C21. The van der Waals surface area contributed by atoms with Crippen molar-refractivity contribution in [1.82, 2.24) is 0 Å². The van der Waals surface area contributed by atoms with Gasteiger partial charge in [-0.3, -0.25) is 0 Å². The molecule has 0 saturated carbocycles. The smallest absolute Gasteiger partial charge is 0.337 e. The normalized spacial score (nSPS) is 17.6. The molecule has 0 aromatic heterocycles. The zero-order valence-corrected chi connectivity index (χ0v) is 18.1. The second-order valence-corrected chi connectivity index (χ2v) is 9.59. The zero-order valence-electron chi connectivity index (χ0n) is 16.5. The van der Waals surface area contributed by atoms with E-state index >= 15 is 0 Å². The van der Waals surface area contributed by atoms with Crippen LogP contribution in [0.1, 0.15) is 10.4 Å². The topological polar surface area (TPSA) is 86.7 Å². The van der Waals surface area contributed by atoms with E-state index in [4.69, 9.17) is 11.6 Å². The molecule has 2 aromatic rings. The van der Waals surface area contributed by atoms with Crippen molar-refractivity contribution >= 4 is 38.8 Å². The van der Waals surface area contributed by atoms with E-state index < -0.39 is 15.8 Å². The Kier molecular flexibility index (Phi) is 5.47. The van der Waals surface area contributed by atoms with E-state index in [2.05, 4.69) is 5.32 Å². The standard InChI is InChI=1S/C23H19ClN2O4S/c1-31(29,30)22-5-3-2-4-21(22)26-13-12-15-6-8-17(9-11-20(15)26)25-19-10-7-16(24)14-18(19)23(27)28/h2-15,25H,1H3,(H,27,28). The third kappa shape index (κ3) is 4.28. The Bertz CT molecular complexity index is 1290. The van der Waals surface area contributed by atoms with Crippen LogP contribution in [0.2, 0.25) is 5.02 Å². The van der Waals surface area contributed by atoms with Crippen LogP contribution in [-0.2, 0) is 9.84 Å². The van der Waals surface area contributed by atoms with Gasteiger partial charge in [-0.1, -0.05) is 35.9 Å². The maximum Gasteiger partial charge on any atom is 0.337 e. The average molecular weight is 455 g/mol. The molecule has 31 heavy (non-hydrogen) atoms. The second-order valence-electron chi connectivity index (χ2n) is 7.17. The van der Waals surface area contributed by atoms with Crippen molar-refractivity contribution in [2.24, 2.45) is 5.92 Å². The fraction of sp³-hybridized carbons (Fsp3) is 0.0870. The first-order chi connectivity index (χ1) is 14.7. The summed E-state index contributed by atoms with van der Waals surface area (Å²) in [5, 5.41) is 12.9. The van der Waals surface area contributed by atoms with E-state index in [-0.39, 0.29) is 16.4 Å². The number of carbonyl (C=O) groups is 1. The highest BCUT2D eigenvalue weighted by Gasteiger charge is 2.26. The van der Waals surface area contributed by atoms with Crippen LogP contribution in [0, 0.1) is 5.92 Å². The summed E-state index contributed by atoms with van der Waals surface area (Å²) in [6, 6.07) is 11.5. The summed E-state index contributed by atoms with van der Waals surface area (Å²) in [5.41, 5.74) is 2.66. The molecule has 0 saturated heterocycles. The monoisotopic (exact) mass is 454 g/mol. The number of para-hydroxylation sites is 1. The minimum atomic E-state index is -3.40. The van der Waals surface area contributed by atoms with E-state index in [0.29, 0.717) is 22.1 Å². The number of benzene rings is 2. The number of halogens is 1. The largest absolute Gasteiger partial charge is 0.478 e. The van der Waals surface area contributed by atoms with Crippen LogP contribution in [-0.4, -0.2) is 25.7 Å². The number of rotatable bonds is 5. The molecule has 0 amide bonds. The second kappa shape index (κ2) is 8.09. The molecule has 1 unspecified atom stereocenters. The number of nitrogens with zero attached hydrogens (tertiary/aromatic N) is 1. The van der Waals surface area contributed by atoms with Crippen LogP contribution in [0.4, 0.5) is 11.4 Å². The van der Waals surface area contributed by atoms with Gasteiger partial charge >= 0.3 is 5.97 Å². The summed E-state index contributed by atoms with van der Waals surface area (Å²) >= 11 is 5.93. The molecule has 158 valence electrons. The van der Waals surface area contributed by atoms with Crippen molar-refractivity contribution in [3.05, 3.63) is 101 Å². The van der Waals surface area contributed by atoms with E-state index in [1.165, 1.54) is 12.3 Å². The lowest BCUT2D eigenvalue weighted by Crippen LogP contribution is -2.16. The van der Waals surface area contributed by atoms with E-state index in [1.54, 1.807) is 36.4 Å². The van der Waals surface area contributed by atoms with Crippen molar-refractivity contribution in [1.29, 1.82) is 0 Å². The number of hydrogen-bond donors (Lipinski definition) is 2. The molecule has 2 N–H and O–H groups in total. The van der Waals surface area contributed by atoms with Gasteiger partial charge in [-0.15, -0.1) is 0 Å². The lowest BCUT2D eigenvalue weighted by atomic mass is 10.1. The Morgan fingerprint density at radius 1 is 1.13 bits per heavy atom. The molecule has 0 radical (unpaired) electrons. The average Bonchev–Trinajstić information content (AvgIpc) is 3.02. The Morgan fingerprint density at radius 3 is 2.65 bits per heavy atom. The molecule has 1 atom stereocenters. The highest BCUT2D eigenvalue weighted by molar-refractivity contribution is 7.90. The summed E-state index contributed by atoms with van der Waals surface area (Å²) in [4.78, 5) is 13.7. The molecule has 0 fully saturated rings. The zero-order chi connectivity index (χ0) is 22.2. The Balaban J connectivity index is 1.68. The summed E-state index contributed by atoms with van der Waals surface area (Å²) in [6.07, 6.45) is 12.6. The first kappa shape index (κ1) is 21.0. The fourth-order valence-corrected chi connectivity index (χ4v) is 4.59. The number of hydrogen-bond acceptors (Lipinski definition) is 5. The molecule has 1 aliphatic carbocycles. The lowest BCUT2D eigenvalue weighted by Gasteiger charge is -2.22. The molecule has 2 aromatic carbocycles. The quantitative estimate of drug-likeness (QED) is 0.672. The van der Waals surface area contributed by atoms with Gasteiger partial charge in [0.05, 0.1) is 21.8 Å². The highest BCUT2D eigenvalue weighted by Crippen LogP contribution is 2.37. The van der Waals surface area contributed by atoms with Crippen LogP contribution in [0.5, 0.6) is 0 Å². The molecule has 1 aliphatic heterocycles. The number of nitrogens with one attached hydrogen (secondary N) is 1. The Morgan fingerprint density at radius 2 is 1.90 bits per heavy atom. The summed E-state index contributed by atoms with van der Waals surface area (Å²) in [6.45, 7) is 0. The number of carboxylic acids is 1. The number of aromatic carboxylic acids is 1. The number of anilines is 2. The van der Waals surface area contributed by atoms with E-state index in [1.807, 2.05) is 41.5 Å². The van der Waals surface area contributed by atoms with Gasteiger partial charge in [-0.2, -0.15) is 0 Å². The summed E-state index contributed by atoms with van der Waals surface area (Å²) < 4.78 is 24.5. The third-order valence-corrected chi connectivity index (χ3v) is 6.37. The van der Waals surface area contributed by atoms with Gasteiger partial charge in [-0.25, -0.2) is 13.2 Å². The van der Waals surface area contributed by atoms with Gasteiger partial charge in [-0.05, 0) is 48.6 Å². The van der Waals surface area contributed by atoms with Crippen molar-refractivity contribution in [2.75, 3.05) is 16.5 Å². The minimum absolute atomic E-state index is 0.0488. The first-order valence-corrected chi connectivity index (χ1v) is 11.7. The molecule has 8 heteroatoms. The Hall–Kier alpha value is -3.29. The third-order valence-electron chi connectivity index (χ3n) is 4.99. The van der Waals surface area contributed by atoms with E-state index in [0.717, 1.165) is 5.70 Å². The minimum Gasteiger partial charge on any atom is -0.478 e. The molecule has 4 rings (SSSR count). The van der Waals surface area contributed by atoms with Crippen LogP contribution in [0.15, 0.2) is 95.3 Å². The maximum absolute atomic E-state index is 12.2. The number of allylic oxidation sites excluding steroid dienone is 4. The van der Waals surface area contributed by atoms with Crippen LogP contribution in [0.25, 0.3) is 0 Å². The number of fused-ring (bicyclic) bond motifs is 1. The molecule has 2 aliphatic rings. The summed E-state index contributed by atoms with van der Waals surface area (Å²) in [5.74, 6) is -1.13. The highest BCUT2D eigenvalue weighted by atomic mass is 35.5. The summed E-state index contributed by atoms with van der Waals surface area (Å²) in [7, 11) is -3.40. The molecular formula is C23H19ClN2O4S. The first-order valence-electron chi connectivity index (χ1n) is 9.40. The van der Waals surface area contributed by atoms with Crippen LogP contribution >= 0.6 is 11.6 Å². The van der Waals surface area contributed by atoms with Crippen LogP contribution < -0.4 is 10.2 Å². The number of sulfone groups is 1.